The Labute approximate surface area is 142 Å². The summed E-state index contributed by atoms with van der Waals surface area (Å²) in [7, 11) is -0.137. The summed E-state index contributed by atoms with van der Waals surface area (Å²) in [5.41, 5.74) is 0.775. The first-order chi connectivity index (χ1) is 10.6. The maximum Gasteiger partial charge on any atom is 0.317 e. The van der Waals surface area contributed by atoms with Crippen LogP contribution in [0.4, 0.5) is 4.79 Å². The SMILES string of the molecule is Cc1ccsc1S(=O)(=O)N1C[C@@H](NC(=O)N(C)C)[C@H](C(C)C)C1. The van der Waals surface area contributed by atoms with Crippen molar-refractivity contribution >= 4 is 27.4 Å². The van der Waals surface area contributed by atoms with Gasteiger partial charge in [-0.25, -0.2) is 13.2 Å². The number of carbonyl (C=O) groups excluding carboxylic acids is 1. The van der Waals surface area contributed by atoms with Crippen molar-refractivity contribution in [1.82, 2.24) is 14.5 Å². The molecule has 8 heteroatoms. The fraction of sp³-hybridized carbons (Fsp3) is 0.667. The smallest absolute Gasteiger partial charge is 0.317 e. The molecule has 0 saturated carbocycles. The van der Waals surface area contributed by atoms with Crippen molar-refractivity contribution in [3.63, 3.8) is 0 Å². The number of hydrogen-bond acceptors (Lipinski definition) is 4. The topological polar surface area (TPSA) is 69.7 Å². The van der Waals surface area contributed by atoms with Crippen LogP contribution in [-0.2, 0) is 10.0 Å². The number of urea groups is 1. The first-order valence-corrected chi connectivity index (χ1v) is 9.98. The van der Waals surface area contributed by atoms with E-state index in [1.54, 1.807) is 19.5 Å². The molecule has 2 atom stereocenters. The van der Waals surface area contributed by atoms with Gasteiger partial charge in [0.05, 0.1) is 0 Å². The average molecular weight is 360 g/mol. The van der Waals surface area contributed by atoms with Gasteiger partial charge in [-0.15, -0.1) is 11.3 Å². The first kappa shape index (κ1) is 18.2. The van der Waals surface area contributed by atoms with Gasteiger partial charge in [-0.1, -0.05) is 13.8 Å². The van der Waals surface area contributed by atoms with Crippen molar-refractivity contribution in [2.75, 3.05) is 27.2 Å². The van der Waals surface area contributed by atoms with E-state index in [-0.39, 0.29) is 23.9 Å². The highest BCUT2D eigenvalue weighted by Gasteiger charge is 2.42. The Hall–Kier alpha value is -1.12. The van der Waals surface area contributed by atoms with Crippen molar-refractivity contribution in [1.29, 1.82) is 0 Å². The summed E-state index contributed by atoms with van der Waals surface area (Å²) in [5, 5.41) is 4.75. The van der Waals surface area contributed by atoms with Crippen LogP contribution in [0.5, 0.6) is 0 Å². The van der Waals surface area contributed by atoms with Gasteiger partial charge < -0.3 is 10.2 Å². The summed E-state index contributed by atoms with van der Waals surface area (Å²) < 4.78 is 27.6. The second-order valence-corrected chi connectivity index (χ2v) is 9.62. The quantitative estimate of drug-likeness (QED) is 0.893. The van der Waals surface area contributed by atoms with Crippen LogP contribution in [0, 0.1) is 18.8 Å². The summed E-state index contributed by atoms with van der Waals surface area (Å²) in [6.07, 6.45) is 0. The molecule has 1 aromatic rings. The number of thiophene rings is 1. The molecule has 2 amide bonds. The van der Waals surface area contributed by atoms with Gasteiger partial charge in [0, 0.05) is 33.2 Å². The average Bonchev–Trinajstić information content (AvgIpc) is 3.05. The molecule has 0 bridgehead atoms. The third-order valence-electron chi connectivity index (χ3n) is 4.29. The maximum atomic E-state index is 12.9. The Morgan fingerprint density at radius 1 is 1.39 bits per heavy atom. The Kier molecular flexibility index (Phi) is 5.37. The van der Waals surface area contributed by atoms with Crippen molar-refractivity contribution < 1.29 is 13.2 Å². The summed E-state index contributed by atoms with van der Waals surface area (Å²) in [5.74, 6) is 0.390. The van der Waals surface area contributed by atoms with Crippen molar-refractivity contribution in [3.8, 4) is 0 Å². The molecule has 6 nitrogen and oxygen atoms in total. The predicted molar refractivity (Wildman–Crippen MR) is 92.1 cm³/mol. The van der Waals surface area contributed by atoms with E-state index in [9.17, 15) is 13.2 Å². The van der Waals surface area contributed by atoms with Gasteiger partial charge in [0.2, 0.25) is 0 Å². The van der Waals surface area contributed by atoms with Crippen molar-refractivity contribution in [2.24, 2.45) is 11.8 Å². The highest BCUT2D eigenvalue weighted by atomic mass is 32.2. The van der Waals surface area contributed by atoms with Gasteiger partial charge in [-0.05, 0) is 35.8 Å². The number of nitrogens with zero attached hydrogens (tertiary/aromatic N) is 2. The Bertz CT molecular complexity index is 667. The predicted octanol–water partition coefficient (Wildman–Crippen LogP) is 1.97. The Balaban J connectivity index is 2.23. The van der Waals surface area contributed by atoms with Gasteiger partial charge in [-0.2, -0.15) is 4.31 Å². The molecule has 0 aliphatic carbocycles. The summed E-state index contributed by atoms with van der Waals surface area (Å²) in [6, 6.07) is 1.46. The molecule has 1 saturated heterocycles. The molecule has 1 aliphatic heterocycles. The molecular weight excluding hydrogens is 334 g/mol. The van der Waals surface area contributed by atoms with E-state index in [0.717, 1.165) is 5.56 Å². The lowest BCUT2D eigenvalue weighted by molar-refractivity contribution is 0.207. The maximum absolute atomic E-state index is 12.9. The van der Waals surface area contributed by atoms with Crippen LogP contribution >= 0.6 is 11.3 Å². The van der Waals surface area contributed by atoms with Crippen LogP contribution < -0.4 is 5.32 Å². The van der Waals surface area contributed by atoms with Crippen LogP contribution in [0.2, 0.25) is 0 Å². The fourth-order valence-corrected chi connectivity index (χ4v) is 5.90. The number of nitrogens with one attached hydrogen (secondary N) is 1. The van der Waals surface area contributed by atoms with Crippen LogP contribution in [0.15, 0.2) is 15.7 Å². The standard InChI is InChI=1S/C15H25N3O3S2/c1-10(2)12-8-18(9-13(12)16-15(19)17(4)5)23(20,21)14-11(3)6-7-22-14/h6-7,10,12-13H,8-9H2,1-5H3,(H,16,19)/t12-,13+/m0/s1. The molecule has 2 rings (SSSR count). The number of amides is 2. The van der Waals surface area contributed by atoms with E-state index in [1.807, 2.05) is 13.0 Å². The lowest BCUT2D eigenvalue weighted by Crippen LogP contribution is -2.46. The van der Waals surface area contributed by atoms with E-state index in [4.69, 9.17) is 0 Å². The zero-order valence-electron chi connectivity index (χ0n) is 14.2. The molecule has 1 fully saturated rings. The largest absolute Gasteiger partial charge is 0.334 e. The number of carbonyl (C=O) groups is 1. The molecule has 0 radical (unpaired) electrons. The second kappa shape index (κ2) is 6.78. The molecule has 1 aliphatic rings. The van der Waals surface area contributed by atoms with E-state index in [1.165, 1.54) is 20.5 Å². The van der Waals surface area contributed by atoms with Crippen LogP contribution in [0.3, 0.4) is 0 Å². The molecule has 130 valence electrons. The van der Waals surface area contributed by atoms with Crippen molar-refractivity contribution in [2.45, 2.75) is 31.0 Å². The normalized spacial score (nSPS) is 22.5. The minimum atomic E-state index is -3.49. The lowest BCUT2D eigenvalue weighted by atomic mass is 9.91. The highest BCUT2D eigenvalue weighted by molar-refractivity contribution is 7.91. The minimum Gasteiger partial charge on any atom is -0.334 e. The monoisotopic (exact) mass is 359 g/mol. The molecule has 2 heterocycles. The van der Waals surface area contributed by atoms with Crippen molar-refractivity contribution in [3.05, 3.63) is 17.0 Å². The molecule has 0 aromatic carbocycles. The highest BCUT2D eigenvalue weighted by Crippen LogP contribution is 2.32. The Morgan fingerprint density at radius 2 is 2.04 bits per heavy atom. The Morgan fingerprint density at radius 3 is 2.52 bits per heavy atom. The van der Waals surface area contributed by atoms with Crippen LogP contribution in [0.25, 0.3) is 0 Å². The second-order valence-electron chi connectivity index (χ2n) is 6.57. The zero-order valence-corrected chi connectivity index (χ0v) is 15.9. The third kappa shape index (κ3) is 3.70. The fourth-order valence-electron chi connectivity index (χ4n) is 2.84. The van der Waals surface area contributed by atoms with E-state index < -0.39 is 10.0 Å². The number of rotatable bonds is 4. The first-order valence-electron chi connectivity index (χ1n) is 7.66. The number of hydrogen-bond donors (Lipinski definition) is 1. The molecular formula is C15H25N3O3S2. The molecule has 1 aromatic heterocycles. The summed E-state index contributed by atoms with van der Waals surface area (Å²) in [6.45, 7) is 6.69. The number of sulfonamides is 1. The van der Waals surface area contributed by atoms with E-state index in [0.29, 0.717) is 17.3 Å². The van der Waals surface area contributed by atoms with E-state index >= 15 is 0 Å². The summed E-state index contributed by atoms with van der Waals surface area (Å²) in [4.78, 5) is 13.4. The third-order valence-corrected chi connectivity index (χ3v) is 7.79. The van der Waals surface area contributed by atoms with Gasteiger partial charge in [0.15, 0.2) is 0 Å². The van der Waals surface area contributed by atoms with Gasteiger partial charge in [0.25, 0.3) is 10.0 Å². The molecule has 0 unspecified atom stereocenters. The lowest BCUT2D eigenvalue weighted by Gasteiger charge is -2.24. The molecule has 1 N–H and O–H groups in total. The number of aryl methyl sites for hydroxylation is 1. The molecule has 0 spiro atoms. The van der Waals surface area contributed by atoms with E-state index in [2.05, 4.69) is 19.2 Å². The van der Waals surface area contributed by atoms with Crippen LogP contribution in [-0.4, -0.2) is 56.9 Å². The van der Waals surface area contributed by atoms with Crippen LogP contribution in [0.1, 0.15) is 19.4 Å². The van der Waals surface area contributed by atoms with Gasteiger partial charge >= 0.3 is 6.03 Å². The minimum absolute atomic E-state index is 0.106. The van der Waals surface area contributed by atoms with Gasteiger partial charge in [-0.3, -0.25) is 0 Å². The van der Waals surface area contributed by atoms with Gasteiger partial charge in [0.1, 0.15) is 4.21 Å². The molecule has 23 heavy (non-hydrogen) atoms. The summed E-state index contributed by atoms with van der Waals surface area (Å²) >= 11 is 1.25. The zero-order chi connectivity index (χ0) is 17.4.